The largest absolute Gasteiger partial charge is 0.481 e. The first kappa shape index (κ1) is 9.99. The second kappa shape index (κ2) is 3.75. The highest BCUT2D eigenvalue weighted by molar-refractivity contribution is 5.67. The molecule has 0 spiro atoms. The summed E-state index contributed by atoms with van der Waals surface area (Å²) in [5.74, 6) is -1.18. The van der Waals surface area contributed by atoms with Gasteiger partial charge in [-0.1, -0.05) is 31.2 Å². The van der Waals surface area contributed by atoms with Gasteiger partial charge in [0.1, 0.15) is 0 Å². The van der Waals surface area contributed by atoms with E-state index in [4.69, 9.17) is 5.11 Å². The molecule has 0 heterocycles. The van der Waals surface area contributed by atoms with Crippen molar-refractivity contribution < 1.29 is 15.0 Å². The maximum Gasteiger partial charge on any atom is 0.304 e. The maximum absolute atomic E-state index is 10.5. The van der Waals surface area contributed by atoms with Crippen molar-refractivity contribution in [2.45, 2.75) is 25.4 Å². The SMILES string of the molecule is CCC1(O)C=CC=CC1CC(=O)O. The number of aliphatic hydroxyl groups is 1. The number of allylic oxidation sites excluding steroid dienone is 2. The normalized spacial score (nSPS) is 32.0. The van der Waals surface area contributed by atoms with E-state index in [0.717, 1.165) is 0 Å². The molecule has 1 aliphatic rings. The summed E-state index contributed by atoms with van der Waals surface area (Å²) >= 11 is 0. The molecule has 0 radical (unpaired) electrons. The summed E-state index contributed by atoms with van der Waals surface area (Å²) < 4.78 is 0. The van der Waals surface area contributed by atoms with Crippen molar-refractivity contribution >= 4 is 5.97 Å². The molecule has 2 unspecified atom stereocenters. The molecule has 1 rings (SSSR count). The predicted octanol–water partition coefficient (Wildman–Crippen LogP) is 1.34. The van der Waals surface area contributed by atoms with Crippen LogP contribution in [-0.2, 0) is 4.79 Å². The third-order valence-electron chi connectivity index (χ3n) is 2.44. The lowest BCUT2D eigenvalue weighted by Crippen LogP contribution is -2.36. The summed E-state index contributed by atoms with van der Waals surface area (Å²) in [7, 11) is 0. The van der Waals surface area contributed by atoms with Gasteiger partial charge in [0.05, 0.1) is 12.0 Å². The van der Waals surface area contributed by atoms with Gasteiger partial charge >= 0.3 is 5.97 Å². The van der Waals surface area contributed by atoms with Crippen molar-refractivity contribution in [3.63, 3.8) is 0 Å². The second-order valence-electron chi connectivity index (χ2n) is 3.29. The molecule has 0 fully saturated rings. The molecule has 0 aromatic carbocycles. The molecular formula is C10H14O3. The molecule has 0 aromatic heterocycles. The summed E-state index contributed by atoms with van der Waals surface area (Å²) in [6, 6.07) is 0. The quantitative estimate of drug-likeness (QED) is 0.692. The summed E-state index contributed by atoms with van der Waals surface area (Å²) in [5.41, 5.74) is -0.979. The van der Waals surface area contributed by atoms with Gasteiger partial charge in [-0.15, -0.1) is 0 Å². The van der Waals surface area contributed by atoms with E-state index in [0.29, 0.717) is 6.42 Å². The van der Waals surface area contributed by atoms with Crippen molar-refractivity contribution in [1.29, 1.82) is 0 Å². The Kier molecular flexibility index (Phi) is 2.88. The molecule has 3 heteroatoms. The van der Waals surface area contributed by atoms with E-state index in [2.05, 4.69) is 0 Å². The van der Waals surface area contributed by atoms with Crippen LogP contribution in [0.25, 0.3) is 0 Å². The Morgan fingerprint density at radius 2 is 2.23 bits per heavy atom. The topological polar surface area (TPSA) is 57.5 Å². The first-order valence-electron chi connectivity index (χ1n) is 4.38. The fraction of sp³-hybridized carbons (Fsp3) is 0.500. The molecule has 0 aromatic rings. The van der Waals surface area contributed by atoms with Crippen LogP contribution in [0.4, 0.5) is 0 Å². The highest BCUT2D eigenvalue weighted by Gasteiger charge is 2.33. The van der Waals surface area contributed by atoms with Gasteiger partial charge in [0.2, 0.25) is 0 Å². The van der Waals surface area contributed by atoms with Gasteiger partial charge in [-0.3, -0.25) is 4.79 Å². The van der Waals surface area contributed by atoms with Crippen LogP contribution in [-0.4, -0.2) is 21.8 Å². The lowest BCUT2D eigenvalue weighted by atomic mass is 9.80. The van der Waals surface area contributed by atoms with Gasteiger partial charge in [-0.2, -0.15) is 0 Å². The van der Waals surface area contributed by atoms with E-state index >= 15 is 0 Å². The molecular weight excluding hydrogens is 168 g/mol. The van der Waals surface area contributed by atoms with Gasteiger partial charge in [0, 0.05) is 5.92 Å². The molecule has 0 aliphatic heterocycles. The van der Waals surface area contributed by atoms with Gasteiger partial charge in [-0.05, 0) is 6.42 Å². The van der Waals surface area contributed by atoms with Crippen molar-refractivity contribution in [3.8, 4) is 0 Å². The zero-order chi connectivity index (χ0) is 9.90. The summed E-state index contributed by atoms with van der Waals surface area (Å²) in [6.07, 6.45) is 7.45. The molecule has 0 saturated carbocycles. The Labute approximate surface area is 77.4 Å². The molecule has 0 saturated heterocycles. The highest BCUT2D eigenvalue weighted by atomic mass is 16.4. The van der Waals surface area contributed by atoms with Crippen LogP contribution in [0.1, 0.15) is 19.8 Å². The maximum atomic E-state index is 10.5. The van der Waals surface area contributed by atoms with Crippen LogP contribution in [0, 0.1) is 5.92 Å². The minimum absolute atomic E-state index is 0.0226. The fourth-order valence-electron chi connectivity index (χ4n) is 1.52. The van der Waals surface area contributed by atoms with Crippen LogP contribution in [0.3, 0.4) is 0 Å². The van der Waals surface area contributed by atoms with Crippen LogP contribution < -0.4 is 0 Å². The Bertz CT molecular complexity index is 255. The molecule has 72 valence electrons. The third kappa shape index (κ3) is 2.18. The molecule has 0 amide bonds. The van der Waals surface area contributed by atoms with E-state index in [1.165, 1.54) is 0 Å². The Morgan fingerprint density at radius 3 is 2.77 bits per heavy atom. The van der Waals surface area contributed by atoms with Gasteiger partial charge in [0.15, 0.2) is 0 Å². The van der Waals surface area contributed by atoms with Crippen LogP contribution >= 0.6 is 0 Å². The van der Waals surface area contributed by atoms with E-state index in [9.17, 15) is 9.90 Å². The smallest absolute Gasteiger partial charge is 0.304 e. The van der Waals surface area contributed by atoms with E-state index in [1.807, 2.05) is 6.92 Å². The zero-order valence-corrected chi connectivity index (χ0v) is 7.60. The number of hydrogen-bond donors (Lipinski definition) is 2. The Hall–Kier alpha value is -1.09. The third-order valence-corrected chi connectivity index (χ3v) is 2.44. The van der Waals surface area contributed by atoms with Gasteiger partial charge < -0.3 is 10.2 Å². The monoisotopic (exact) mass is 182 g/mol. The molecule has 2 N–H and O–H groups in total. The van der Waals surface area contributed by atoms with Crippen molar-refractivity contribution in [1.82, 2.24) is 0 Å². The first-order chi connectivity index (χ1) is 6.08. The van der Waals surface area contributed by atoms with Crippen molar-refractivity contribution in [2.75, 3.05) is 0 Å². The van der Waals surface area contributed by atoms with Crippen LogP contribution in [0.15, 0.2) is 24.3 Å². The first-order valence-corrected chi connectivity index (χ1v) is 4.38. The Balaban J connectivity index is 2.76. The summed E-state index contributed by atoms with van der Waals surface area (Å²) in [4.78, 5) is 10.5. The van der Waals surface area contributed by atoms with E-state index in [-0.39, 0.29) is 12.3 Å². The standard InChI is InChI=1S/C10H14O3/c1-2-10(13)6-4-3-5-8(10)7-9(11)12/h3-6,8,13H,2,7H2,1H3,(H,11,12). The van der Waals surface area contributed by atoms with E-state index in [1.54, 1.807) is 24.3 Å². The average molecular weight is 182 g/mol. The molecule has 3 nitrogen and oxygen atoms in total. The van der Waals surface area contributed by atoms with Crippen molar-refractivity contribution in [2.24, 2.45) is 5.92 Å². The number of aliphatic carboxylic acids is 1. The minimum Gasteiger partial charge on any atom is -0.481 e. The number of hydrogen-bond acceptors (Lipinski definition) is 2. The van der Waals surface area contributed by atoms with E-state index < -0.39 is 11.6 Å². The number of carbonyl (C=O) groups is 1. The zero-order valence-electron chi connectivity index (χ0n) is 7.60. The predicted molar refractivity (Wildman–Crippen MR) is 49.3 cm³/mol. The highest BCUT2D eigenvalue weighted by Crippen LogP contribution is 2.30. The minimum atomic E-state index is -0.979. The Morgan fingerprint density at radius 1 is 1.54 bits per heavy atom. The fourth-order valence-corrected chi connectivity index (χ4v) is 1.52. The van der Waals surface area contributed by atoms with Crippen molar-refractivity contribution in [3.05, 3.63) is 24.3 Å². The van der Waals surface area contributed by atoms with Crippen LogP contribution in [0.2, 0.25) is 0 Å². The lowest BCUT2D eigenvalue weighted by molar-refractivity contribution is -0.139. The number of carboxylic acids is 1. The summed E-state index contributed by atoms with van der Waals surface area (Å²) in [6.45, 7) is 1.85. The number of rotatable bonds is 3. The molecule has 13 heavy (non-hydrogen) atoms. The van der Waals surface area contributed by atoms with Crippen LogP contribution in [0.5, 0.6) is 0 Å². The van der Waals surface area contributed by atoms with Gasteiger partial charge in [0.25, 0.3) is 0 Å². The molecule has 0 bridgehead atoms. The lowest BCUT2D eigenvalue weighted by Gasteiger charge is -2.31. The molecule has 2 atom stereocenters. The summed E-state index contributed by atoms with van der Waals surface area (Å²) in [5, 5.41) is 18.6. The number of carboxylic acid groups (broad SMARTS) is 1. The second-order valence-corrected chi connectivity index (χ2v) is 3.29. The van der Waals surface area contributed by atoms with Gasteiger partial charge in [-0.25, -0.2) is 0 Å². The molecule has 1 aliphatic carbocycles. The average Bonchev–Trinajstić information content (AvgIpc) is 2.09.